The quantitative estimate of drug-likeness (QED) is 0.803. The molecule has 1 aliphatic carbocycles. The fourth-order valence-electron chi connectivity index (χ4n) is 2.08. The van der Waals surface area contributed by atoms with Crippen molar-refractivity contribution in [1.82, 2.24) is 14.9 Å². The van der Waals surface area contributed by atoms with E-state index in [4.69, 9.17) is 4.74 Å². The van der Waals surface area contributed by atoms with Crippen LogP contribution in [0.4, 0.5) is 0 Å². The Hall–Kier alpha value is -0.870. The standard InChI is InChI=1S/C11H17N3O/c1-2-9(1)13-7-11-12-4-5-14(11)10-3-6-15-8-10/h4-5,9-10,13H,1-3,6-8H2. The van der Waals surface area contributed by atoms with Gasteiger partial charge in [0.05, 0.1) is 19.2 Å². The zero-order chi connectivity index (χ0) is 10.1. The largest absolute Gasteiger partial charge is 0.379 e. The first-order valence-electron chi connectivity index (χ1n) is 5.76. The predicted molar refractivity (Wildman–Crippen MR) is 56.6 cm³/mol. The molecule has 1 N–H and O–H groups in total. The molecule has 1 aliphatic heterocycles. The Morgan fingerprint density at radius 2 is 2.40 bits per heavy atom. The summed E-state index contributed by atoms with van der Waals surface area (Å²) in [4.78, 5) is 4.41. The van der Waals surface area contributed by atoms with Gasteiger partial charge in [0.25, 0.3) is 0 Å². The maximum atomic E-state index is 5.40. The highest BCUT2D eigenvalue weighted by Gasteiger charge is 2.23. The Labute approximate surface area is 89.6 Å². The van der Waals surface area contributed by atoms with Crippen molar-refractivity contribution in [2.75, 3.05) is 13.2 Å². The van der Waals surface area contributed by atoms with Gasteiger partial charge in [-0.1, -0.05) is 0 Å². The maximum Gasteiger partial charge on any atom is 0.122 e. The first kappa shape index (κ1) is 9.36. The highest BCUT2D eigenvalue weighted by Crippen LogP contribution is 2.22. The summed E-state index contributed by atoms with van der Waals surface area (Å²) in [6.07, 6.45) is 7.73. The molecule has 15 heavy (non-hydrogen) atoms. The summed E-state index contributed by atoms with van der Waals surface area (Å²) in [6, 6.07) is 1.25. The van der Waals surface area contributed by atoms with E-state index >= 15 is 0 Å². The lowest BCUT2D eigenvalue weighted by Crippen LogP contribution is -2.20. The van der Waals surface area contributed by atoms with Gasteiger partial charge in [-0.3, -0.25) is 0 Å². The Morgan fingerprint density at radius 3 is 3.13 bits per heavy atom. The Kier molecular flexibility index (Phi) is 2.46. The van der Waals surface area contributed by atoms with Crippen LogP contribution in [0.3, 0.4) is 0 Å². The molecule has 82 valence electrons. The molecule has 1 saturated carbocycles. The first-order valence-corrected chi connectivity index (χ1v) is 5.76. The van der Waals surface area contributed by atoms with E-state index in [-0.39, 0.29) is 0 Å². The summed E-state index contributed by atoms with van der Waals surface area (Å²) in [5.41, 5.74) is 0. The van der Waals surface area contributed by atoms with Gasteiger partial charge < -0.3 is 14.6 Å². The van der Waals surface area contributed by atoms with E-state index in [1.54, 1.807) is 0 Å². The average molecular weight is 207 g/mol. The van der Waals surface area contributed by atoms with Crippen LogP contribution in [0.25, 0.3) is 0 Å². The van der Waals surface area contributed by atoms with Crippen LogP contribution in [0.15, 0.2) is 12.4 Å². The smallest absolute Gasteiger partial charge is 0.122 e. The average Bonchev–Trinajstić information content (AvgIpc) is 2.79. The van der Waals surface area contributed by atoms with Crippen LogP contribution in [0.2, 0.25) is 0 Å². The SMILES string of the molecule is c1cn(C2CCOC2)c(CNC2CC2)n1. The summed E-state index contributed by atoms with van der Waals surface area (Å²) in [6.45, 7) is 2.62. The van der Waals surface area contributed by atoms with Crippen molar-refractivity contribution >= 4 is 0 Å². The van der Waals surface area contributed by atoms with Crippen LogP contribution in [0.1, 0.15) is 31.1 Å². The van der Waals surface area contributed by atoms with E-state index in [0.29, 0.717) is 6.04 Å². The third-order valence-corrected chi connectivity index (χ3v) is 3.17. The monoisotopic (exact) mass is 207 g/mol. The molecule has 1 atom stereocenters. The summed E-state index contributed by atoms with van der Waals surface area (Å²) in [7, 11) is 0. The van der Waals surface area contributed by atoms with Gasteiger partial charge >= 0.3 is 0 Å². The molecule has 2 aliphatic rings. The number of aromatic nitrogens is 2. The molecule has 1 saturated heterocycles. The summed E-state index contributed by atoms with van der Waals surface area (Å²) in [5.74, 6) is 1.15. The van der Waals surface area contributed by atoms with Gasteiger partial charge in [0.1, 0.15) is 5.82 Å². The zero-order valence-corrected chi connectivity index (χ0v) is 8.85. The lowest BCUT2D eigenvalue weighted by Gasteiger charge is -2.13. The van der Waals surface area contributed by atoms with Crippen molar-refractivity contribution in [1.29, 1.82) is 0 Å². The van der Waals surface area contributed by atoms with Gasteiger partial charge in [0.15, 0.2) is 0 Å². The second kappa shape index (κ2) is 3.94. The van der Waals surface area contributed by atoms with Gasteiger partial charge in [0.2, 0.25) is 0 Å². The second-order valence-corrected chi connectivity index (χ2v) is 4.42. The predicted octanol–water partition coefficient (Wildman–Crippen LogP) is 1.10. The number of ether oxygens (including phenoxy) is 1. The van der Waals surface area contributed by atoms with Crippen LogP contribution in [0.5, 0.6) is 0 Å². The van der Waals surface area contributed by atoms with Crippen molar-refractivity contribution in [3.63, 3.8) is 0 Å². The van der Waals surface area contributed by atoms with Gasteiger partial charge in [-0.05, 0) is 19.3 Å². The summed E-state index contributed by atoms with van der Waals surface area (Å²) in [5, 5.41) is 3.50. The normalized spacial score (nSPS) is 26.0. The fraction of sp³-hybridized carbons (Fsp3) is 0.727. The van der Waals surface area contributed by atoms with Crippen molar-refractivity contribution < 1.29 is 4.74 Å². The van der Waals surface area contributed by atoms with Crippen LogP contribution >= 0.6 is 0 Å². The van der Waals surface area contributed by atoms with Crippen LogP contribution in [-0.2, 0) is 11.3 Å². The molecule has 0 bridgehead atoms. The van der Waals surface area contributed by atoms with Crippen LogP contribution in [-0.4, -0.2) is 28.8 Å². The minimum Gasteiger partial charge on any atom is -0.379 e. The molecule has 1 unspecified atom stereocenters. The molecule has 0 aromatic carbocycles. The topological polar surface area (TPSA) is 39.1 Å². The van der Waals surface area contributed by atoms with Crippen molar-refractivity contribution in [3.8, 4) is 0 Å². The molecule has 4 heteroatoms. The Bertz CT molecular complexity index is 326. The third kappa shape index (κ3) is 2.06. The fourth-order valence-corrected chi connectivity index (χ4v) is 2.08. The number of rotatable bonds is 4. The molecular formula is C11H17N3O. The van der Waals surface area contributed by atoms with Crippen molar-refractivity contribution in [2.24, 2.45) is 0 Å². The molecule has 4 nitrogen and oxygen atoms in total. The number of imidazole rings is 1. The Morgan fingerprint density at radius 1 is 1.47 bits per heavy atom. The van der Waals surface area contributed by atoms with Crippen molar-refractivity contribution in [2.45, 2.75) is 37.9 Å². The number of hydrogen-bond donors (Lipinski definition) is 1. The number of nitrogens with one attached hydrogen (secondary N) is 1. The minimum atomic E-state index is 0.503. The number of hydrogen-bond acceptors (Lipinski definition) is 3. The van der Waals surface area contributed by atoms with E-state index in [0.717, 1.165) is 38.0 Å². The highest BCUT2D eigenvalue weighted by molar-refractivity contribution is 4.97. The summed E-state index contributed by atoms with van der Waals surface area (Å²) >= 11 is 0. The summed E-state index contributed by atoms with van der Waals surface area (Å²) < 4.78 is 7.67. The third-order valence-electron chi connectivity index (χ3n) is 3.17. The van der Waals surface area contributed by atoms with E-state index < -0.39 is 0 Å². The van der Waals surface area contributed by atoms with Gasteiger partial charge in [0, 0.05) is 25.0 Å². The Balaban J connectivity index is 1.67. The van der Waals surface area contributed by atoms with Crippen LogP contribution < -0.4 is 5.32 Å². The molecule has 1 aromatic heterocycles. The molecular weight excluding hydrogens is 190 g/mol. The zero-order valence-electron chi connectivity index (χ0n) is 8.85. The molecule has 1 aromatic rings. The molecule has 0 amide bonds. The highest BCUT2D eigenvalue weighted by atomic mass is 16.5. The first-order chi connectivity index (χ1) is 7.43. The molecule has 3 rings (SSSR count). The second-order valence-electron chi connectivity index (χ2n) is 4.42. The molecule has 0 spiro atoms. The molecule has 0 radical (unpaired) electrons. The van der Waals surface area contributed by atoms with Gasteiger partial charge in [-0.25, -0.2) is 4.98 Å². The number of nitrogens with zero attached hydrogens (tertiary/aromatic N) is 2. The van der Waals surface area contributed by atoms with Crippen molar-refractivity contribution in [3.05, 3.63) is 18.2 Å². The minimum absolute atomic E-state index is 0.503. The van der Waals surface area contributed by atoms with E-state index in [1.165, 1.54) is 12.8 Å². The lowest BCUT2D eigenvalue weighted by atomic mass is 10.2. The lowest BCUT2D eigenvalue weighted by molar-refractivity contribution is 0.186. The van der Waals surface area contributed by atoms with E-state index in [2.05, 4.69) is 21.1 Å². The molecule has 2 heterocycles. The van der Waals surface area contributed by atoms with E-state index in [1.807, 2.05) is 6.20 Å². The maximum absolute atomic E-state index is 5.40. The van der Waals surface area contributed by atoms with Gasteiger partial charge in [-0.15, -0.1) is 0 Å². The van der Waals surface area contributed by atoms with E-state index in [9.17, 15) is 0 Å². The van der Waals surface area contributed by atoms with Gasteiger partial charge in [-0.2, -0.15) is 0 Å². The molecule has 2 fully saturated rings. The van der Waals surface area contributed by atoms with Crippen LogP contribution in [0, 0.1) is 0 Å².